The second kappa shape index (κ2) is 10.3. The first-order valence-corrected chi connectivity index (χ1v) is 12.7. The van der Waals surface area contributed by atoms with Crippen molar-refractivity contribution in [1.29, 1.82) is 0 Å². The molecule has 1 aromatic carbocycles. The molecule has 1 atom stereocenters. The summed E-state index contributed by atoms with van der Waals surface area (Å²) >= 11 is 0. The number of carbonyl (C=O) groups is 1. The zero-order valence-electron chi connectivity index (χ0n) is 21.7. The van der Waals surface area contributed by atoms with Crippen LogP contribution in [0.1, 0.15) is 18.9 Å². The molecule has 2 aromatic heterocycles. The number of aromatic nitrogens is 3. The van der Waals surface area contributed by atoms with Crippen LogP contribution < -0.4 is 10.2 Å². The molecule has 5 rings (SSSR count). The Labute approximate surface area is 219 Å². The first-order chi connectivity index (χ1) is 18.1. The molecule has 0 bridgehead atoms. The van der Waals surface area contributed by atoms with Crippen LogP contribution in [0.25, 0.3) is 22.4 Å². The van der Waals surface area contributed by atoms with E-state index < -0.39 is 23.7 Å². The van der Waals surface area contributed by atoms with Crippen LogP contribution in [-0.2, 0) is 11.8 Å². The summed E-state index contributed by atoms with van der Waals surface area (Å²) in [6, 6.07) is 6.24. The minimum atomic E-state index is -2.87. The van der Waals surface area contributed by atoms with Crippen LogP contribution in [0.2, 0.25) is 0 Å². The molecule has 2 fully saturated rings. The van der Waals surface area contributed by atoms with E-state index in [4.69, 9.17) is 9.72 Å². The monoisotopic (exact) mass is 528 g/mol. The van der Waals surface area contributed by atoms with E-state index in [9.17, 15) is 18.0 Å². The molecule has 2 saturated heterocycles. The lowest BCUT2D eigenvalue weighted by Gasteiger charge is -2.28. The number of likely N-dealkylation sites (tertiary alicyclic amines) is 1. The summed E-state index contributed by atoms with van der Waals surface area (Å²) in [4.78, 5) is 21.2. The van der Waals surface area contributed by atoms with Gasteiger partial charge < -0.3 is 19.9 Å². The zero-order valence-corrected chi connectivity index (χ0v) is 21.7. The standard InChI is InChI=1S/C27H31F3N6O2/c1-17-10-22(28)24(33-26(37)36-5-4-20(16-36)27(2,29)30)13-21(17)18-11-23(19-14-31-34(3)15-19)32-25(12-18)35-6-8-38-9-7-35/h10-15,20H,4-9,16H2,1-3H3,(H,33,37)/t20-/m0/s1. The second-order valence-electron chi connectivity index (χ2n) is 10.1. The first-order valence-electron chi connectivity index (χ1n) is 12.7. The van der Waals surface area contributed by atoms with Gasteiger partial charge in [-0.3, -0.25) is 4.68 Å². The number of nitrogens with one attached hydrogen (secondary N) is 1. The van der Waals surface area contributed by atoms with E-state index in [1.807, 2.05) is 25.4 Å². The highest BCUT2D eigenvalue weighted by Gasteiger charge is 2.40. The van der Waals surface area contributed by atoms with Gasteiger partial charge >= 0.3 is 6.03 Å². The quantitative estimate of drug-likeness (QED) is 0.508. The number of aryl methyl sites for hydroxylation is 2. The summed E-state index contributed by atoms with van der Waals surface area (Å²) in [5, 5.41) is 6.87. The van der Waals surface area contributed by atoms with Gasteiger partial charge in [-0.2, -0.15) is 5.10 Å². The lowest BCUT2D eigenvalue weighted by atomic mass is 9.98. The Morgan fingerprint density at radius 2 is 1.89 bits per heavy atom. The third kappa shape index (κ3) is 5.47. The van der Waals surface area contributed by atoms with Gasteiger partial charge in [0.15, 0.2) is 0 Å². The molecule has 0 saturated carbocycles. The number of anilines is 2. The summed E-state index contributed by atoms with van der Waals surface area (Å²) in [5.41, 5.74) is 3.77. The third-order valence-corrected chi connectivity index (χ3v) is 7.21. The third-order valence-electron chi connectivity index (χ3n) is 7.21. The van der Waals surface area contributed by atoms with Crippen LogP contribution >= 0.6 is 0 Å². The number of rotatable bonds is 5. The number of urea groups is 1. The molecule has 8 nitrogen and oxygen atoms in total. The van der Waals surface area contributed by atoms with Gasteiger partial charge in [0.1, 0.15) is 11.6 Å². The normalized spacial score (nSPS) is 18.2. The molecule has 0 aliphatic carbocycles. The SMILES string of the molecule is Cc1cc(F)c(NC(=O)N2CC[C@H](C(C)(F)F)C2)cc1-c1cc(-c2cnn(C)c2)nc(N2CCOCC2)c1. The van der Waals surface area contributed by atoms with Crippen molar-refractivity contribution in [2.24, 2.45) is 13.0 Å². The number of hydrogen-bond donors (Lipinski definition) is 1. The Morgan fingerprint density at radius 1 is 1.13 bits per heavy atom. The Hall–Kier alpha value is -3.60. The van der Waals surface area contributed by atoms with E-state index in [1.165, 1.54) is 11.0 Å². The molecule has 0 unspecified atom stereocenters. The highest BCUT2D eigenvalue weighted by Crippen LogP contribution is 2.35. The molecule has 4 heterocycles. The van der Waals surface area contributed by atoms with Crippen LogP contribution in [0.3, 0.4) is 0 Å². The fraction of sp³-hybridized carbons (Fsp3) is 0.444. The summed E-state index contributed by atoms with van der Waals surface area (Å²) in [6.45, 7) is 5.38. The van der Waals surface area contributed by atoms with Gasteiger partial charge in [0, 0.05) is 50.9 Å². The predicted molar refractivity (Wildman–Crippen MR) is 139 cm³/mol. The largest absolute Gasteiger partial charge is 0.378 e. The Morgan fingerprint density at radius 3 is 2.55 bits per heavy atom. The molecule has 0 spiro atoms. The summed E-state index contributed by atoms with van der Waals surface area (Å²) < 4.78 is 49.6. The van der Waals surface area contributed by atoms with E-state index in [0.717, 1.165) is 35.1 Å². The van der Waals surface area contributed by atoms with Crippen molar-refractivity contribution < 1.29 is 22.7 Å². The van der Waals surface area contributed by atoms with E-state index in [-0.39, 0.29) is 25.2 Å². The number of carbonyl (C=O) groups excluding carboxylic acids is 1. The van der Waals surface area contributed by atoms with Gasteiger partial charge in [0.2, 0.25) is 5.92 Å². The minimum Gasteiger partial charge on any atom is -0.378 e. The Balaban J connectivity index is 1.48. The Kier molecular flexibility index (Phi) is 7.04. The number of benzene rings is 1. The van der Waals surface area contributed by atoms with Crippen molar-refractivity contribution in [2.45, 2.75) is 26.2 Å². The molecule has 11 heteroatoms. The van der Waals surface area contributed by atoms with Crippen LogP contribution in [0.5, 0.6) is 0 Å². The van der Waals surface area contributed by atoms with Gasteiger partial charge in [-0.15, -0.1) is 0 Å². The van der Waals surface area contributed by atoms with Crippen molar-refractivity contribution in [3.05, 3.63) is 48.0 Å². The van der Waals surface area contributed by atoms with Gasteiger partial charge in [0.25, 0.3) is 0 Å². The van der Waals surface area contributed by atoms with Crippen molar-refractivity contribution in [2.75, 3.05) is 49.6 Å². The van der Waals surface area contributed by atoms with Crippen LogP contribution in [0.4, 0.5) is 29.5 Å². The number of nitrogens with zero attached hydrogens (tertiary/aromatic N) is 5. The zero-order chi connectivity index (χ0) is 27.0. The molecule has 38 heavy (non-hydrogen) atoms. The topological polar surface area (TPSA) is 75.5 Å². The molecule has 2 aliphatic heterocycles. The van der Waals surface area contributed by atoms with Gasteiger partial charge in [0.05, 0.1) is 30.8 Å². The number of alkyl halides is 2. The fourth-order valence-electron chi connectivity index (χ4n) is 4.96. The number of ether oxygens (including phenoxy) is 1. The summed E-state index contributed by atoms with van der Waals surface area (Å²) in [6.07, 6.45) is 3.82. The molecule has 0 radical (unpaired) electrons. The predicted octanol–water partition coefficient (Wildman–Crippen LogP) is 4.94. The average molecular weight is 529 g/mol. The molecule has 2 aliphatic rings. The molecular weight excluding hydrogens is 497 g/mol. The van der Waals surface area contributed by atoms with Crippen LogP contribution in [-0.4, -0.2) is 71.0 Å². The van der Waals surface area contributed by atoms with Gasteiger partial charge in [-0.25, -0.2) is 22.9 Å². The molecule has 202 valence electrons. The lowest BCUT2D eigenvalue weighted by Crippen LogP contribution is -2.36. The smallest absolute Gasteiger partial charge is 0.321 e. The number of morpholine rings is 1. The summed E-state index contributed by atoms with van der Waals surface area (Å²) in [7, 11) is 1.83. The summed E-state index contributed by atoms with van der Waals surface area (Å²) in [5.74, 6) is -3.61. The number of halogens is 3. The average Bonchev–Trinajstić information content (AvgIpc) is 3.56. The van der Waals surface area contributed by atoms with E-state index in [1.54, 1.807) is 23.9 Å². The maximum Gasteiger partial charge on any atom is 0.321 e. The maximum absolute atomic E-state index is 15.0. The molecule has 3 aromatic rings. The first kappa shape index (κ1) is 26.0. The number of pyridine rings is 1. The molecular formula is C27H31F3N6O2. The number of amides is 2. The minimum absolute atomic E-state index is 0.00466. The van der Waals surface area contributed by atoms with Crippen molar-refractivity contribution in [3.8, 4) is 22.4 Å². The van der Waals surface area contributed by atoms with Crippen molar-refractivity contribution in [1.82, 2.24) is 19.7 Å². The van der Waals surface area contributed by atoms with Gasteiger partial charge in [-0.05, 0) is 61.2 Å². The van der Waals surface area contributed by atoms with Crippen LogP contribution in [0, 0.1) is 18.7 Å². The lowest BCUT2D eigenvalue weighted by molar-refractivity contribution is -0.0338. The van der Waals surface area contributed by atoms with E-state index in [0.29, 0.717) is 31.9 Å². The second-order valence-corrected chi connectivity index (χ2v) is 10.1. The van der Waals surface area contributed by atoms with Crippen molar-refractivity contribution >= 4 is 17.5 Å². The fourth-order valence-corrected chi connectivity index (χ4v) is 4.96. The highest BCUT2D eigenvalue weighted by atomic mass is 19.3. The Bertz CT molecular complexity index is 1330. The molecule has 1 N–H and O–H groups in total. The molecule has 2 amide bonds. The van der Waals surface area contributed by atoms with Crippen molar-refractivity contribution in [3.63, 3.8) is 0 Å². The van der Waals surface area contributed by atoms with E-state index in [2.05, 4.69) is 15.3 Å². The maximum atomic E-state index is 15.0. The van der Waals surface area contributed by atoms with Crippen LogP contribution in [0.15, 0.2) is 36.7 Å². The number of hydrogen-bond acceptors (Lipinski definition) is 5. The highest BCUT2D eigenvalue weighted by molar-refractivity contribution is 5.91. The van der Waals surface area contributed by atoms with Gasteiger partial charge in [-0.1, -0.05) is 0 Å². The van der Waals surface area contributed by atoms with E-state index >= 15 is 0 Å².